The van der Waals surface area contributed by atoms with Crippen LogP contribution in [0.2, 0.25) is 0 Å². The smallest absolute Gasteiger partial charge is 0.000217 e. The average Bonchev–Trinajstić information content (AvgIpc) is 1.83. The lowest BCUT2D eigenvalue weighted by Gasteiger charge is -2.45. The highest BCUT2D eigenvalue weighted by molar-refractivity contribution is 4.89. The van der Waals surface area contributed by atoms with Gasteiger partial charge in [0.2, 0.25) is 0 Å². The predicted molar refractivity (Wildman–Crippen MR) is 54.2 cm³/mol. The fourth-order valence-corrected chi connectivity index (χ4v) is 2.31. The van der Waals surface area contributed by atoms with Crippen LogP contribution in [-0.2, 0) is 0 Å². The third kappa shape index (κ3) is 2.01. The summed E-state index contributed by atoms with van der Waals surface area (Å²) in [4.78, 5) is 0. The maximum absolute atomic E-state index is 3.29. The van der Waals surface area contributed by atoms with Gasteiger partial charge in [-0.1, -0.05) is 27.2 Å². The van der Waals surface area contributed by atoms with Crippen LogP contribution >= 0.6 is 0 Å². The largest absolute Gasteiger partial charge is 0.319 e. The molecular weight excluding hydrogens is 146 g/mol. The Morgan fingerprint density at radius 3 is 2.33 bits per heavy atom. The van der Waals surface area contributed by atoms with Crippen molar-refractivity contribution in [3.05, 3.63) is 0 Å². The van der Waals surface area contributed by atoms with E-state index in [4.69, 9.17) is 0 Å². The van der Waals surface area contributed by atoms with Gasteiger partial charge in [-0.25, -0.2) is 0 Å². The Bertz CT molecular complexity index is 134. The predicted octanol–water partition coefficient (Wildman–Crippen LogP) is 2.67. The summed E-state index contributed by atoms with van der Waals surface area (Å²) in [6, 6.07) is 0. The molecule has 1 heteroatoms. The van der Waals surface area contributed by atoms with Crippen molar-refractivity contribution in [2.24, 2.45) is 17.3 Å². The van der Waals surface area contributed by atoms with Gasteiger partial charge in [0.25, 0.3) is 0 Å². The molecule has 0 aromatic rings. The van der Waals surface area contributed by atoms with Crippen LogP contribution < -0.4 is 5.32 Å². The minimum atomic E-state index is 0.514. The van der Waals surface area contributed by atoms with Crippen LogP contribution in [0.25, 0.3) is 0 Å². The molecule has 72 valence electrons. The second kappa shape index (κ2) is 3.78. The quantitative estimate of drug-likeness (QED) is 0.682. The molecule has 0 aromatic heterocycles. The monoisotopic (exact) mass is 169 g/mol. The van der Waals surface area contributed by atoms with Gasteiger partial charge in [-0.2, -0.15) is 0 Å². The summed E-state index contributed by atoms with van der Waals surface area (Å²) in [5.41, 5.74) is 0.514. The topological polar surface area (TPSA) is 12.0 Å². The first-order valence-corrected chi connectivity index (χ1v) is 5.24. The second-order valence-electron chi connectivity index (χ2n) is 4.96. The number of rotatable bonds is 4. The van der Waals surface area contributed by atoms with Gasteiger partial charge in [-0.3, -0.25) is 0 Å². The van der Waals surface area contributed by atoms with E-state index in [-0.39, 0.29) is 0 Å². The van der Waals surface area contributed by atoms with Gasteiger partial charge < -0.3 is 5.32 Å². The maximum Gasteiger partial charge on any atom is 0.000217 e. The molecule has 1 N–H and O–H groups in total. The van der Waals surface area contributed by atoms with Crippen LogP contribution in [0.3, 0.4) is 0 Å². The van der Waals surface area contributed by atoms with Crippen LogP contribution in [0, 0.1) is 17.3 Å². The first-order chi connectivity index (χ1) is 5.60. The van der Waals surface area contributed by atoms with Crippen molar-refractivity contribution in [1.82, 2.24) is 5.32 Å². The molecule has 1 nitrogen and oxygen atoms in total. The first-order valence-electron chi connectivity index (χ1n) is 5.24. The zero-order chi connectivity index (χ0) is 9.19. The van der Waals surface area contributed by atoms with Gasteiger partial charge in [-0.15, -0.1) is 0 Å². The highest BCUT2D eigenvalue weighted by Crippen LogP contribution is 2.46. The fraction of sp³-hybridized carbons (Fsp3) is 1.00. The van der Waals surface area contributed by atoms with Crippen LogP contribution in [0.5, 0.6) is 0 Å². The van der Waals surface area contributed by atoms with Gasteiger partial charge in [-0.05, 0) is 37.1 Å². The molecule has 0 aromatic carbocycles. The summed E-state index contributed by atoms with van der Waals surface area (Å²) in [5, 5.41) is 3.29. The molecule has 12 heavy (non-hydrogen) atoms. The molecule has 1 aliphatic carbocycles. The van der Waals surface area contributed by atoms with Crippen molar-refractivity contribution in [2.45, 2.75) is 40.0 Å². The zero-order valence-corrected chi connectivity index (χ0v) is 8.98. The SMILES string of the molecule is CCC1CC(C(C)(C)CNC)C1. The van der Waals surface area contributed by atoms with Gasteiger partial charge in [0.05, 0.1) is 0 Å². The van der Waals surface area contributed by atoms with Gasteiger partial charge in [0.1, 0.15) is 0 Å². The van der Waals surface area contributed by atoms with Crippen molar-refractivity contribution in [3.63, 3.8) is 0 Å². The lowest BCUT2D eigenvalue weighted by atomic mass is 9.61. The van der Waals surface area contributed by atoms with E-state index in [1.165, 1.54) is 19.3 Å². The molecule has 0 bridgehead atoms. The van der Waals surface area contributed by atoms with E-state index in [0.29, 0.717) is 5.41 Å². The molecule has 0 radical (unpaired) electrons. The average molecular weight is 169 g/mol. The summed E-state index contributed by atoms with van der Waals surface area (Å²) in [6.07, 6.45) is 4.31. The molecule has 1 aliphatic rings. The molecule has 0 amide bonds. The lowest BCUT2D eigenvalue weighted by molar-refractivity contribution is 0.0614. The van der Waals surface area contributed by atoms with Crippen molar-refractivity contribution in [3.8, 4) is 0 Å². The van der Waals surface area contributed by atoms with E-state index in [1.54, 1.807) is 0 Å². The second-order valence-corrected chi connectivity index (χ2v) is 4.96. The molecule has 1 fully saturated rings. The van der Waals surface area contributed by atoms with E-state index >= 15 is 0 Å². The van der Waals surface area contributed by atoms with Crippen LogP contribution in [0.15, 0.2) is 0 Å². The van der Waals surface area contributed by atoms with Crippen molar-refractivity contribution >= 4 is 0 Å². The molecule has 0 aliphatic heterocycles. The fourth-order valence-electron chi connectivity index (χ4n) is 2.31. The van der Waals surface area contributed by atoms with Crippen molar-refractivity contribution < 1.29 is 0 Å². The molecule has 1 rings (SSSR count). The van der Waals surface area contributed by atoms with Crippen LogP contribution in [-0.4, -0.2) is 13.6 Å². The molecule has 0 unspecified atom stereocenters. The normalized spacial score (nSPS) is 30.0. The molecular formula is C11H23N. The Morgan fingerprint density at radius 2 is 1.92 bits per heavy atom. The zero-order valence-electron chi connectivity index (χ0n) is 8.98. The Balaban J connectivity index is 2.30. The number of nitrogens with one attached hydrogen (secondary N) is 1. The molecule has 0 saturated heterocycles. The summed E-state index contributed by atoms with van der Waals surface area (Å²) >= 11 is 0. The van der Waals surface area contributed by atoms with Gasteiger partial charge >= 0.3 is 0 Å². The van der Waals surface area contributed by atoms with Crippen molar-refractivity contribution in [1.29, 1.82) is 0 Å². The van der Waals surface area contributed by atoms with E-state index in [9.17, 15) is 0 Å². The Kier molecular flexibility index (Phi) is 3.16. The van der Waals surface area contributed by atoms with Crippen LogP contribution in [0.1, 0.15) is 40.0 Å². The number of hydrogen-bond donors (Lipinski definition) is 1. The summed E-state index contributed by atoms with van der Waals surface area (Å²) in [6.45, 7) is 8.25. The molecule has 1 saturated carbocycles. The summed E-state index contributed by atoms with van der Waals surface area (Å²) < 4.78 is 0. The third-order valence-corrected chi connectivity index (χ3v) is 3.55. The highest BCUT2D eigenvalue weighted by atomic mass is 14.8. The van der Waals surface area contributed by atoms with E-state index < -0.39 is 0 Å². The maximum atomic E-state index is 3.29. The lowest BCUT2D eigenvalue weighted by Crippen LogP contribution is -2.41. The minimum Gasteiger partial charge on any atom is -0.319 e. The van der Waals surface area contributed by atoms with Gasteiger partial charge in [0.15, 0.2) is 0 Å². The van der Waals surface area contributed by atoms with Crippen molar-refractivity contribution in [2.75, 3.05) is 13.6 Å². The molecule has 0 atom stereocenters. The molecule has 0 spiro atoms. The Labute approximate surface area is 76.9 Å². The Hall–Kier alpha value is -0.0400. The molecule has 0 heterocycles. The third-order valence-electron chi connectivity index (χ3n) is 3.55. The Morgan fingerprint density at radius 1 is 1.33 bits per heavy atom. The van der Waals surface area contributed by atoms with E-state index in [0.717, 1.165) is 18.4 Å². The first kappa shape index (κ1) is 10.0. The van der Waals surface area contributed by atoms with E-state index in [2.05, 4.69) is 33.1 Å². The standard InChI is InChI=1S/C11H23N/c1-5-9-6-10(7-9)11(2,3)8-12-4/h9-10,12H,5-8H2,1-4H3. The van der Waals surface area contributed by atoms with E-state index in [1.807, 2.05) is 0 Å². The van der Waals surface area contributed by atoms with Gasteiger partial charge in [0, 0.05) is 6.54 Å². The summed E-state index contributed by atoms with van der Waals surface area (Å²) in [5.74, 6) is 2.00. The van der Waals surface area contributed by atoms with Crippen LogP contribution in [0.4, 0.5) is 0 Å². The highest BCUT2D eigenvalue weighted by Gasteiger charge is 2.38. The summed E-state index contributed by atoms with van der Waals surface area (Å²) in [7, 11) is 2.05. The number of hydrogen-bond acceptors (Lipinski definition) is 1. The minimum absolute atomic E-state index is 0.514.